The van der Waals surface area contributed by atoms with Gasteiger partial charge in [0.1, 0.15) is 0 Å². The van der Waals surface area contributed by atoms with Crippen LogP contribution in [0.5, 0.6) is 11.5 Å². The SMILES string of the molecule is COc1ccc(CNC(=O)c2oc(C)nc2C)cc1OC. The van der Waals surface area contributed by atoms with E-state index in [4.69, 9.17) is 13.9 Å². The Morgan fingerprint density at radius 1 is 1.24 bits per heavy atom. The van der Waals surface area contributed by atoms with Crippen LogP contribution in [0.1, 0.15) is 27.7 Å². The molecule has 0 unspecified atom stereocenters. The molecule has 1 amide bonds. The first-order valence-electron chi connectivity index (χ1n) is 6.48. The Labute approximate surface area is 123 Å². The van der Waals surface area contributed by atoms with Gasteiger partial charge in [0.2, 0.25) is 5.76 Å². The molecule has 0 aliphatic heterocycles. The van der Waals surface area contributed by atoms with Crippen molar-refractivity contribution in [3.63, 3.8) is 0 Å². The average molecular weight is 290 g/mol. The lowest BCUT2D eigenvalue weighted by atomic mass is 10.2. The maximum Gasteiger partial charge on any atom is 0.289 e. The van der Waals surface area contributed by atoms with Gasteiger partial charge in [0.05, 0.1) is 19.9 Å². The maximum atomic E-state index is 12.0. The molecule has 0 aliphatic carbocycles. The molecule has 0 spiro atoms. The zero-order chi connectivity index (χ0) is 15.4. The number of amides is 1. The molecular weight excluding hydrogens is 272 g/mol. The summed E-state index contributed by atoms with van der Waals surface area (Å²) in [5.41, 5.74) is 1.48. The summed E-state index contributed by atoms with van der Waals surface area (Å²) in [5.74, 6) is 1.70. The van der Waals surface area contributed by atoms with Gasteiger partial charge in [0, 0.05) is 13.5 Å². The molecule has 112 valence electrons. The number of rotatable bonds is 5. The van der Waals surface area contributed by atoms with E-state index in [1.807, 2.05) is 12.1 Å². The number of hydrogen-bond donors (Lipinski definition) is 1. The standard InChI is InChI=1S/C15H18N2O4/c1-9-14(21-10(2)17-9)15(18)16-8-11-5-6-12(19-3)13(7-11)20-4/h5-7H,8H2,1-4H3,(H,16,18). The predicted octanol–water partition coefficient (Wildman–Crippen LogP) is 2.24. The first-order valence-corrected chi connectivity index (χ1v) is 6.48. The highest BCUT2D eigenvalue weighted by atomic mass is 16.5. The molecule has 2 rings (SSSR count). The summed E-state index contributed by atoms with van der Waals surface area (Å²) in [4.78, 5) is 16.1. The lowest BCUT2D eigenvalue weighted by Crippen LogP contribution is -2.23. The topological polar surface area (TPSA) is 73.6 Å². The molecule has 0 bridgehead atoms. The van der Waals surface area contributed by atoms with Crippen molar-refractivity contribution < 1.29 is 18.7 Å². The molecule has 0 aliphatic rings. The molecule has 2 aromatic rings. The Kier molecular flexibility index (Phi) is 4.47. The monoisotopic (exact) mass is 290 g/mol. The molecule has 21 heavy (non-hydrogen) atoms. The Hall–Kier alpha value is -2.50. The summed E-state index contributed by atoms with van der Waals surface area (Å²) < 4.78 is 15.7. The van der Waals surface area contributed by atoms with E-state index in [0.717, 1.165) is 5.56 Å². The van der Waals surface area contributed by atoms with Gasteiger partial charge in [-0.1, -0.05) is 6.07 Å². The third-order valence-electron chi connectivity index (χ3n) is 3.01. The van der Waals surface area contributed by atoms with Crippen LogP contribution in [0, 0.1) is 13.8 Å². The molecule has 1 N–H and O–H groups in total. The van der Waals surface area contributed by atoms with Crippen molar-refractivity contribution in [3.8, 4) is 11.5 Å². The van der Waals surface area contributed by atoms with E-state index in [1.165, 1.54) is 0 Å². The van der Waals surface area contributed by atoms with Crippen molar-refractivity contribution >= 4 is 5.91 Å². The van der Waals surface area contributed by atoms with E-state index in [1.54, 1.807) is 34.1 Å². The number of aromatic nitrogens is 1. The molecule has 0 saturated carbocycles. The zero-order valence-electron chi connectivity index (χ0n) is 12.5. The molecule has 0 radical (unpaired) electrons. The summed E-state index contributed by atoms with van der Waals surface area (Å²) in [6.45, 7) is 3.80. The Morgan fingerprint density at radius 2 is 1.95 bits per heavy atom. The van der Waals surface area contributed by atoms with Crippen LogP contribution in [-0.4, -0.2) is 25.1 Å². The number of carbonyl (C=O) groups is 1. The minimum atomic E-state index is -0.289. The average Bonchev–Trinajstić information content (AvgIpc) is 2.83. The summed E-state index contributed by atoms with van der Waals surface area (Å²) >= 11 is 0. The molecule has 6 nitrogen and oxygen atoms in total. The smallest absolute Gasteiger partial charge is 0.289 e. The third kappa shape index (κ3) is 3.34. The number of nitrogens with zero attached hydrogens (tertiary/aromatic N) is 1. The van der Waals surface area contributed by atoms with E-state index in [9.17, 15) is 4.79 Å². The van der Waals surface area contributed by atoms with Gasteiger partial charge in [0.25, 0.3) is 5.91 Å². The van der Waals surface area contributed by atoms with Gasteiger partial charge in [-0.05, 0) is 24.6 Å². The van der Waals surface area contributed by atoms with E-state index in [2.05, 4.69) is 10.3 Å². The Balaban J connectivity index is 2.06. The minimum Gasteiger partial charge on any atom is -0.493 e. The normalized spacial score (nSPS) is 10.3. The van der Waals surface area contributed by atoms with Crippen LogP contribution in [0.4, 0.5) is 0 Å². The lowest BCUT2D eigenvalue weighted by molar-refractivity contribution is 0.0921. The van der Waals surface area contributed by atoms with Crippen molar-refractivity contribution in [2.45, 2.75) is 20.4 Å². The number of ether oxygens (including phenoxy) is 2. The van der Waals surface area contributed by atoms with Crippen LogP contribution < -0.4 is 14.8 Å². The van der Waals surface area contributed by atoms with Gasteiger partial charge in [-0.2, -0.15) is 0 Å². The fourth-order valence-corrected chi connectivity index (χ4v) is 2.00. The molecule has 6 heteroatoms. The second-order valence-electron chi connectivity index (χ2n) is 4.52. The van der Waals surface area contributed by atoms with Crippen LogP contribution in [0.3, 0.4) is 0 Å². The summed E-state index contributed by atoms with van der Waals surface area (Å²) in [6.07, 6.45) is 0. The van der Waals surface area contributed by atoms with Gasteiger partial charge in [-0.25, -0.2) is 4.98 Å². The van der Waals surface area contributed by atoms with Crippen molar-refractivity contribution in [1.29, 1.82) is 0 Å². The van der Waals surface area contributed by atoms with Crippen molar-refractivity contribution in [3.05, 3.63) is 41.1 Å². The lowest BCUT2D eigenvalue weighted by Gasteiger charge is -2.10. The highest BCUT2D eigenvalue weighted by Gasteiger charge is 2.15. The Bertz CT molecular complexity index is 649. The second kappa shape index (κ2) is 6.30. The number of oxazole rings is 1. The predicted molar refractivity (Wildman–Crippen MR) is 76.7 cm³/mol. The molecule has 0 saturated heterocycles. The van der Waals surface area contributed by atoms with Crippen molar-refractivity contribution in [2.24, 2.45) is 0 Å². The highest BCUT2D eigenvalue weighted by Crippen LogP contribution is 2.27. The fraction of sp³-hybridized carbons (Fsp3) is 0.333. The van der Waals surface area contributed by atoms with Gasteiger partial charge in [-0.3, -0.25) is 4.79 Å². The summed E-state index contributed by atoms with van der Waals surface area (Å²) in [7, 11) is 3.15. The quantitative estimate of drug-likeness (QED) is 0.914. The van der Waals surface area contributed by atoms with Gasteiger partial charge in [-0.15, -0.1) is 0 Å². The largest absolute Gasteiger partial charge is 0.493 e. The number of methoxy groups -OCH3 is 2. The van der Waals surface area contributed by atoms with E-state index < -0.39 is 0 Å². The van der Waals surface area contributed by atoms with E-state index >= 15 is 0 Å². The molecule has 1 heterocycles. The molecular formula is C15H18N2O4. The van der Waals surface area contributed by atoms with Crippen LogP contribution in [0.2, 0.25) is 0 Å². The van der Waals surface area contributed by atoms with Crippen LogP contribution in [0.15, 0.2) is 22.6 Å². The number of benzene rings is 1. The maximum absolute atomic E-state index is 12.0. The second-order valence-corrected chi connectivity index (χ2v) is 4.52. The Morgan fingerprint density at radius 3 is 2.52 bits per heavy atom. The molecule has 1 aromatic carbocycles. The first kappa shape index (κ1) is 14.9. The first-order chi connectivity index (χ1) is 10.0. The van der Waals surface area contributed by atoms with Crippen molar-refractivity contribution in [1.82, 2.24) is 10.3 Å². The van der Waals surface area contributed by atoms with Crippen LogP contribution in [0.25, 0.3) is 0 Å². The van der Waals surface area contributed by atoms with Crippen LogP contribution >= 0.6 is 0 Å². The highest BCUT2D eigenvalue weighted by molar-refractivity contribution is 5.92. The van der Waals surface area contributed by atoms with E-state index in [0.29, 0.717) is 29.6 Å². The molecule has 0 atom stereocenters. The number of aryl methyl sites for hydroxylation is 2. The third-order valence-corrected chi connectivity index (χ3v) is 3.01. The number of carbonyl (C=O) groups excluding carboxylic acids is 1. The fourth-order valence-electron chi connectivity index (χ4n) is 2.00. The molecule has 0 fully saturated rings. The summed E-state index contributed by atoms with van der Waals surface area (Å²) in [5, 5.41) is 2.79. The zero-order valence-corrected chi connectivity index (χ0v) is 12.5. The van der Waals surface area contributed by atoms with Crippen molar-refractivity contribution in [2.75, 3.05) is 14.2 Å². The summed E-state index contributed by atoms with van der Waals surface area (Å²) in [6, 6.07) is 5.47. The number of nitrogens with one attached hydrogen (secondary N) is 1. The molecule has 1 aromatic heterocycles. The van der Waals surface area contributed by atoms with Gasteiger partial charge >= 0.3 is 0 Å². The van der Waals surface area contributed by atoms with Gasteiger partial charge in [0.15, 0.2) is 17.4 Å². The van der Waals surface area contributed by atoms with E-state index in [-0.39, 0.29) is 11.7 Å². The minimum absolute atomic E-state index is 0.243. The van der Waals surface area contributed by atoms with Crippen LogP contribution in [-0.2, 0) is 6.54 Å². The van der Waals surface area contributed by atoms with Gasteiger partial charge < -0.3 is 19.2 Å². The number of hydrogen-bond acceptors (Lipinski definition) is 5.